The summed E-state index contributed by atoms with van der Waals surface area (Å²) >= 11 is 1.76. The Morgan fingerprint density at radius 1 is 1.53 bits per heavy atom. The number of nitrogens with one attached hydrogen (secondary N) is 1. The van der Waals surface area contributed by atoms with E-state index in [1.54, 1.807) is 11.3 Å². The van der Waals surface area contributed by atoms with Crippen LogP contribution in [0.1, 0.15) is 25.6 Å². The van der Waals surface area contributed by atoms with Crippen molar-refractivity contribution in [3.05, 3.63) is 22.4 Å². The van der Waals surface area contributed by atoms with Crippen molar-refractivity contribution in [2.24, 2.45) is 10.7 Å². The number of hydrogen-bond donors (Lipinski definition) is 2. The molecule has 0 aliphatic carbocycles. The number of aliphatic imine (C=N–C) groups is 1. The maximum atomic E-state index is 5.75. The van der Waals surface area contributed by atoms with E-state index < -0.39 is 0 Å². The number of guanidine groups is 1. The normalized spacial score (nSPS) is 14.3. The van der Waals surface area contributed by atoms with Gasteiger partial charge in [0.15, 0.2) is 5.96 Å². The topological polar surface area (TPSA) is 50.4 Å². The Hall–Kier alpha value is -1.03. The summed E-state index contributed by atoms with van der Waals surface area (Å²) in [6, 6.07) is 4.76. The Balaban J connectivity index is 2.44. The first-order chi connectivity index (χ1) is 7.08. The lowest BCUT2D eigenvalue weighted by molar-refractivity contribution is 0.696. The van der Waals surface area contributed by atoms with Crippen molar-refractivity contribution >= 4 is 17.3 Å². The van der Waals surface area contributed by atoms with Crippen molar-refractivity contribution in [3.63, 3.8) is 0 Å². The van der Waals surface area contributed by atoms with Crippen molar-refractivity contribution in [2.45, 2.75) is 39.3 Å². The van der Waals surface area contributed by atoms with Gasteiger partial charge in [0.05, 0.1) is 6.04 Å². The minimum absolute atomic E-state index is 0.231. The molecule has 0 saturated carbocycles. The highest BCUT2D eigenvalue weighted by Gasteiger charge is 2.03. The quantitative estimate of drug-likeness (QED) is 0.608. The molecule has 0 spiro atoms. The van der Waals surface area contributed by atoms with E-state index in [-0.39, 0.29) is 6.04 Å². The Kier molecular flexibility index (Phi) is 4.62. The Morgan fingerprint density at radius 2 is 2.27 bits per heavy atom. The van der Waals surface area contributed by atoms with Crippen LogP contribution in [-0.2, 0) is 6.42 Å². The van der Waals surface area contributed by atoms with E-state index in [0.717, 1.165) is 6.42 Å². The highest BCUT2D eigenvalue weighted by Crippen LogP contribution is 2.12. The van der Waals surface area contributed by atoms with Gasteiger partial charge in [-0.15, -0.1) is 11.3 Å². The van der Waals surface area contributed by atoms with Crippen LogP contribution in [0, 0.1) is 0 Å². The second-order valence-electron chi connectivity index (χ2n) is 3.95. The molecule has 3 N–H and O–H groups in total. The summed E-state index contributed by atoms with van der Waals surface area (Å²) in [5, 5.41) is 5.17. The molecule has 1 rings (SSSR count). The van der Waals surface area contributed by atoms with Crippen molar-refractivity contribution in [1.29, 1.82) is 0 Å². The minimum atomic E-state index is 0.231. The first-order valence-electron chi connectivity index (χ1n) is 5.20. The fraction of sp³-hybridized carbons (Fsp3) is 0.545. The summed E-state index contributed by atoms with van der Waals surface area (Å²) in [5.74, 6) is 0.536. The van der Waals surface area contributed by atoms with E-state index in [1.807, 2.05) is 13.8 Å². The lowest BCUT2D eigenvalue weighted by Crippen LogP contribution is -2.37. The largest absolute Gasteiger partial charge is 0.370 e. The fourth-order valence-electron chi connectivity index (χ4n) is 1.34. The highest BCUT2D eigenvalue weighted by molar-refractivity contribution is 7.09. The molecule has 0 aliphatic rings. The lowest BCUT2D eigenvalue weighted by atomic mass is 10.2. The van der Waals surface area contributed by atoms with Gasteiger partial charge in [-0.25, -0.2) is 0 Å². The number of rotatable bonds is 4. The van der Waals surface area contributed by atoms with E-state index in [1.165, 1.54) is 4.88 Å². The summed E-state index contributed by atoms with van der Waals surface area (Å²) in [5.41, 5.74) is 5.75. The monoisotopic (exact) mass is 225 g/mol. The van der Waals surface area contributed by atoms with Gasteiger partial charge < -0.3 is 11.1 Å². The SMILES string of the molecule is CC(Cc1cccs1)N=C(N)NC(C)C. The van der Waals surface area contributed by atoms with Gasteiger partial charge in [-0.05, 0) is 32.2 Å². The zero-order valence-corrected chi connectivity index (χ0v) is 10.3. The highest BCUT2D eigenvalue weighted by atomic mass is 32.1. The van der Waals surface area contributed by atoms with Gasteiger partial charge in [0.2, 0.25) is 0 Å². The summed E-state index contributed by atoms with van der Waals surface area (Å²) in [6.45, 7) is 6.17. The van der Waals surface area contributed by atoms with Crippen LogP contribution in [0.4, 0.5) is 0 Å². The number of nitrogens with zero attached hydrogens (tertiary/aromatic N) is 1. The average molecular weight is 225 g/mol. The predicted molar refractivity (Wildman–Crippen MR) is 67.4 cm³/mol. The van der Waals surface area contributed by atoms with E-state index in [4.69, 9.17) is 5.73 Å². The number of hydrogen-bond acceptors (Lipinski definition) is 2. The van der Waals surface area contributed by atoms with Gasteiger partial charge in [-0.1, -0.05) is 6.07 Å². The Labute approximate surface area is 95.4 Å². The van der Waals surface area contributed by atoms with Crippen molar-refractivity contribution in [3.8, 4) is 0 Å². The summed E-state index contributed by atoms with van der Waals surface area (Å²) in [4.78, 5) is 5.73. The van der Waals surface area contributed by atoms with Crippen LogP contribution in [0.5, 0.6) is 0 Å². The molecule has 0 bridgehead atoms. The Bertz CT molecular complexity index is 304. The molecular weight excluding hydrogens is 206 g/mol. The molecule has 0 aliphatic heterocycles. The lowest BCUT2D eigenvalue weighted by Gasteiger charge is -2.11. The molecule has 1 heterocycles. The van der Waals surface area contributed by atoms with Gasteiger partial charge >= 0.3 is 0 Å². The average Bonchev–Trinajstić information content (AvgIpc) is 2.53. The van der Waals surface area contributed by atoms with E-state index >= 15 is 0 Å². The third-order valence-electron chi connectivity index (χ3n) is 1.87. The predicted octanol–water partition coefficient (Wildman–Crippen LogP) is 1.99. The van der Waals surface area contributed by atoms with Gasteiger partial charge in [-0.3, -0.25) is 4.99 Å². The molecule has 1 atom stereocenters. The standard InChI is InChI=1S/C11H19N3S/c1-8(2)13-11(12)14-9(3)7-10-5-4-6-15-10/h4-6,8-9H,7H2,1-3H3,(H3,12,13,14). The van der Waals surface area contributed by atoms with Crippen LogP contribution in [0.2, 0.25) is 0 Å². The maximum absolute atomic E-state index is 5.75. The molecular formula is C11H19N3S. The Morgan fingerprint density at radius 3 is 2.80 bits per heavy atom. The molecule has 0 saturated heterocycles. The number of thiophene rings is 1. The van der Waals surface area contributed by atoms with Gasteiger partial charge in [0, 0.05) is 17.3 Å². The van der Waals surface area contributed by atoms with Gasteiger partial charge in [0.1, 0.15) is 0 Å². The van der Waals surface area contributed by atoms with Crippen LogP contribution in [0.3, 0.4) is 0 Å². The maximum Gasteiger partial charge on any atom is 0.189 e. The molecule has 1 unspecified atom stereocenters. The number of nitrogens with two attached hydrogens (primary N) is 1. The second-order valence-corrected chi connectivity index (χ2v) is 4.98. The first-order valence-corrected chi connectivity index (χ1v) is 6.08. The first kappa shape index (κ1) is 12.0. The minimum Gasteiger partial charge on any atom is -0.370 e. The van der Waals surface area contributed by atoms with E-state index in [0.29, 0.717) is 12.0 Å². The van der Waals surface area contributed by atoms with E-state index in [2.05, 4.69) is 34.7 Å². The van der Waals surface area contributed by atoms with Crippen LogP contribution in [0.25, 0.3) is 0 Å². The second kappa shape index (κ2) is 5.75. The van der Waals surface area contributed by atoms with Crippen LogP contribution < -0.4 is 11.1 Å². The fourth-order valence-corrected chi connectivity index (χ4v) is 2.16. The molecule has 4 heteroatoms. The zero-order valence-electron chi connectivity index (χ0n) is 9.53. The third kappa shape index (κ3) is 4.83. The van der Waals surface area contributed by atoms with Crippen molar-refractivity contribution in [2.75, 3.05) is 0 Å². The van der Waals surface area contributed by atoms with Crippen LogP contribution >= 0.6 is 11.3 Å². The molecule has 1 aromatic heterocycles. The molecule has 0 radical (unpaired) electrons. The molecule has 0 aromatic carbocycles. The van der Waals surface area contributed by atoms with E-state index in [9.17, 15) is 0 Å². The molecule has 0 fully saturated rings. The van der Waals surface area contributed by atoms with Crippen LogP contribution in [0.15, 0.2) is 22.5 Å². The molecule has 0 amide bonds. The molecule has 15 heavy (non-hydrogen) atoms. The van der Waals surface area contributed by atoms with Gasteiger partial charge in [-0.2, -0.15) is 0 Å². The molecule has 3 nitrogen and oxygen atoms in total. The summed E-state index contributed by atoms with van der Waals surface area (Å²) in [6.07, 6.45) is 0.956. The third-order valence-corrected chi connectivity index (χ3v) is 2.77. The summed E-state index contributed by atoms with van der Waals surface area (Å²) in [7, 11) is 0. The smallest absolute Gasteiger partial charge is 0.189 e. The van der Waals surface area contributed by atoms with Crippen molar-refractivity contribution < 1.29 is 0 Å². The molecule has 1 aromatic rings. The van der Waals surface area contributed by atoms with Gasteiger partial charge in [0.25, 0.3) is 0 Å². The summed E-state index contributed by atoms with van der Waals surface area (Å²) < 4.78 is 0. The van der Waals surface area contributed by atoms with Crippen LogP contribution in [-0.4, -0.2) is 18.0 Å². The molecule has 84 valence electrons. The zero-order chi connectivity index (χ0) is 11.3. The van der Waals surface area contributed by atoms with Crippen molar-refractivity contribution in [1.82, 2.24) is 5.32 Å².